The van der Waals surface area contributed by atoms with Crippen LogP contribution in [0, 0.1) is 17.3 Å². The van der Waals surface area contributed by atoms with Gasteiger partial charge >= 0.3 is 5.97 Å². The van der Waals surface area contributed by atoms with Gasteiger partial charge in [-0.2, -0.15) is 0 Å². The fourth-order valence-corrected chi connectivity index (χ4v) is 4.43. The molecule has 2 aliphatic carbocycles. The third kappa shape index (κ3) is 6.42. The van der Waals surface area contributed by atoms with Gasteiger partial charge in [-0.1, -0.05) is 48.9 Å². The summed E-state index contributed by atoms with van der Waals surface area (Å²) in [5.41, 5.74) is 2.19. The quantitative estimate of drug-likeness (QED) is 0.534. The van der Waals surface area contributed by atoms with Gasteiger partial charge in [0, 0.05) is 18.6 Å². The molecule has 1 aromatic rings. The predicted molar refractivity (Wildman–Crippen MR) is 120 cm³/mol. The topological polar surface area (TPSA) is 61.4 Å². The van der Waals surface area contributed by atoms with Gasteiger partial charge in [0.1, 0.15) is 0 Å². The van der Waals surface area contributed by atoms with Crippen LogP contribution in [0.1, 0.15) is 64.9 Å². The first-order chi connectivity index (χ1) is 13.9. The van der Waals surface area contributed by atoms with Gasteiger partial charge < -0.3 is 15.7 Å². The zero-order valence-electron chi connectivity index (χ0n) is 18.3. The first kappa shape index (κ1) is 22.0. The maximum absolute atomic E-state index is 11.2. The van der Waals surface area contributed by atoms with E-state index in [9.17, 15) is 9.90 Å². The highest BCUT2D eigenvalue weighted by Crippen LogP contribution is 2.40. The zero-order chi connectivity index (χ0) is 20.9. The third-order valence-corrected chi connectivity index (χ3v) is 6.75. The van der Waals surface area contributed by atoms with Crippen LogP contribution in [-0.2, 0) is 4.79 Å². The number of nitrogens with one attached hydrogen (secondary N) is 2. The van der Waals surface area contributed by atoms with Crippen LogP contribution in [0.4, 0.5) is 0 Å². The molecule has 4 nitrogen and oxygen atoms in total. The Morgan fingerprint density at radius 3 is 2.45 bits per heavy atom. The molecule has 1 aromatic carbocycles. The van der Waals surface area contributed by atoms with E-state index < -0.39 is 11.4 Å². The van der Waals surface area contributed by atoms with E-state index in [1.807, 2.05) is 0 Å². The van der Waals surface area contributed by atoms with E-state index >= 15 is 0 Å². The van der Waals surface area contributed by atoms with E-state index in [-0.39, 0.29) is 0 Å². The van der Waals surface area contributed by atoms with Gasteiger partial charge in [0.2, 0.25) is 0 Å². The van der Waals surface area contributed by atoms with Crippen LogP contribution >= 0.6 is 0 Å². The van der Waals surface area contributed by atoms with Crippen LogP contribution < -0.4 is 10.6 Å². The van der Waals surface area contributed by atoms with Crippen molar-refractivity contribution in [1.29, 1.82) is 0 Å². The van der Waals surface area contributed by atoms with Crippen molar-refractivity contribution in [2.45, 2.75) is 71.4 Å². The van der Waals surface area contributed by atoms with Gasteiger partial charge in [-0.15, -0.1) is 0 Å². The van der Waals surface area contributed by atoms with E-state index in [0.717, 1.165) is 31.7 Å². The molecule has 0 spiro atoms. The summed E-state index contributed by atoms with van der Waals surface area (Å²) in [6.45, 7) is 7.52. The Bertz CT molecular complexity index is 690. The average molecular weight is 399 g/mol. The summed E-state index contributed by atoms with van der Waals surface area (Å²) in [6, 6.07) is 11.8. The van der Waals surface area contributed by atoms with Crippen LogP contribution in [0.15, 0.2) is 35.9 Å². The minimum absolute atomic E-state index is 0.471. The molecule has 0 aromatic heterocycles. The van der Waals surface area contributed by atoms with E-state index in [1.165, 1.54) is 24.8 Å². The molecule has 2 atom stereocenters. The molecular formula is C25H38N2O2. The highest BCUT2D eigenvalue weighted by Gasteiger charge is 2.39. The monoisotopic (exact) mass is 398 g/mol. The molecule has 3 rings (SSSR count). The predicted octanol–water partition coefficient (Wildman–Crippen LogP) is 4.72. The number of hydrogen-bond donors (Lipinski definition) is 3. The summed E-state index contributed by atoms with van der Waals surface area (Å²) >= 11 is 0. The minimum Gasteiger partial charge on any atom is -0.481 e. The summed E-state index contributed by atoms with van der Waals surface area (Å²) in [5.74, 6) is 0.732. The summed E-state index contributed by atoms with van der Waals surface area (Å²) in [7, 11) is 0. The highest BCUT2D eigenvalue weighted by atomic mass is 16.4. The van der Waals surface area contributed by atoms with Crippen molar-refractivity contribution in [3.05, 3.63) is 41.5 Å². The fourth-order valence-electron chi connectivity index (χ4n) is 4.43. The smallest absolute Gasteiger partial charge is 0.310 e. The lowest BCUT2D eigenvalue weighted by molar-refractivity contribution is -0.146. The molecule has 0 bridgehead atoms. The van der Waals surface area contributed by atoms with Crippen LogP contribution in [0.25, 0.3) is 6.08 Å². The Morgan fingerprint density at radius 1 is 1.14 bits per heavy atom. The van der Waals surface area contributed by atoms with Crippen molar-refractivity contribution >= 4 is 12.0 Å². The van der Waals surface area contributed by atoms with Crippen LogP contribution in [0.2, 0.25) is 0 Å². The van der Waals surface area contributed by atoms with Gasteiger partial charge in [0.25, 0.3) is 0 Å². The molecule has 2 aliphatic rings. The van der Waals surface area contributed by atoms with Crippen molar-refractivity contribution in [2.75, 3.05) is 13.1 Å². The number of carboxylic acid groups (broad SMARTS) is 1. The molecule has 0 amide bonds. The molecule has 0 aliphatic heterocycles. The molecule has 0 radical (unpaired) electrons. The molecule has 0 heterocycles. The highest BCUT2D eigenvalue weighted by molar-refractivity contribution is 5.73. The van der Waals surface area contributed by atoms with Crippen LogP contribution in [0.3, 0.4) is 0 Å². The molecule has 0 saturated heterocycles. The minimum atomic E-state index is -0.727. The standard InChI is InChI=1S/C25H38N2O2/c1-4-20(14-18-8-6-5-7-9-18)22-15-23(22)26-16-19-10-12-21(13-11-19)27-17-25(2,3)24(28)29/h5-9,14,19,21-23,26-27H,4,10-13,15-17H2,1-3H3,(H,28,29)/b20-14+/t19-,21-,22-,23+/m0/s1. The SMILES string of the molecule is CC/C(=C\c1ccccc1)[C@@H]1C[C@H]1NC[C@H]1CC[C@H](NCC(C)(C)C(=O)O)CC1. The second kappa shape index (κ2) is 9.90. The summed E-state index contributed by atoms with van der Waals surface area (Å²) in [5, 5.41) is 16.6. The van der Waals surface area contributed by atoms with Crippen LogP contribution in [0.5, 0.6) is 0 Å². The van der Waals surface area contributed by atoms with Crippen LogP contribution in [-0.4, -0.2) is 36.2 Å². The molecule has 3 N–H and O–H groups in total. The number of aliphatic carboxylic acids is 1. The van der Waals surface area contributed by atoms with Gasteiger partial charge in [0.05, 0.1) is 5.41 Å². The van der Waals surface area contributed by atoms with Crippen molar-refractivity contribution in [2.24, 2.45) is 17.3 Å². The Balaban J connectivity index is 1.36. The van der Waals surface area contributed by atoms with Crippen molar-refractivity contribution < 1.29 is 9.90 Å². The Kier molecular flexibility index (Phi) is 7.53. The zero-order valence-corrected chi connectivity index (χ0v) is 18.3. The molecule has 4 heteroatoms. The van der Waals surface area contributed by atoms with Gasteiger partial charge in [-0.25, -0.2) is 0 Å². The third-order valence-electron chi connectivity index (χ3n) is 6.75. The van der Waals surface area contributed by atoms with Gasteiger partial charge in [0.15, 0.2) is 0 Å². The lowest BCUT2D eigenvalue weighted by Crippen LogP contribution is -2.43. The lowest BCUT2D eigenvalue weighted by atomic mass is 9.85. The first-order valence-corrected chi connectivity index (χ1v) is 11.3. The van der Waals surface area contributed by atoms with Crippen molar-refractivity contribution in [1.82, 2.24) is 10.6 Å². The Morgan fingerprint density at radius 2 is 1.83 bits per heavy atom. The van der Waals surface area contributed by atoms with E-state index in [0.29, 0.717) is 24.5 Å². The number of benzene rings is 1. The summed E-state index contributed by atoms with van der Waals surface area (Å²) < 4.78 is 0. The number of carboxylic acids is 1. The van der Waals surface area contributed by atoms with E-state index in [2.05, 4.69) is 54.0 Å². The number of carbonyl (C=O) groups is 1. The Labute approximate surface area is 176 Å². The molecule has 2 saturated carbocycles. The van der Waals surface area contributed by atoms with Crippen molar-refractivity contribution in [3.8, 4) is 0 Å². The van der Waals surface area contributed by atoms with Gasteiger partial charge in [-0.3, -0.25) is 4.79 Å². The lowest BCUT2D eigenvalue weighted by Gasteiger charge is -2.31. The molecule has 0 unspecified atom stereocenters. The second-order valence-corrected chi connectivity index (χ2v) is 9.63. The average Bonchev–Trinajstić information content (AvgIpc) is 3.50. The molecule has 160 valence electrons. The molecular weight excluding hydrogens is 360 g/mol. The maximum Gasteiger partial charge on any atom is 0.310 e. The largest absolute Gasteiger partial charge is 0.481 e. The van der Waals surface area contributed by atoms with E-state index in [1.54, 1.807) is 19.4 Å². The van der Waals surface area contributed by atoms with E-state index in [4.69, 9.17) is 0 Å². The van der Waals surface area contributed by atoms with Gasteiger partial charge in [-0.05, 0) is 76.3 Å². The molecule has 2 fully saturated rings. The number of hydrogen-bond acceptors (Lipinski definition) is 3. The molecule has 29 heavy (non-hydrogen) atoms. The van der Waals surface area contributed by atoms with Crippen molar-refractivity contribution in [3.63, 3.8) is 0 Å². The maximum atomic E-state index is 11.2. The fraction of sp³-hybridized carbons (Fsp3) is 0.640. The Hall–Kier alpha value is -1.65. The number of rotatable bonds is 10. The second-order valence-electron chi connectivity index (χ2n) is 9.63. The first-order valence-electron chi connectivity index (χ1n) is 11.3. The summed E-state index contributed by atoms with van der Waals surface area (Å²) in [4.78, 5) is 11.2. The normalized spacial score (nSPS) is 27.6. The summed E-state index contributed by atoms with van der Waals surface area (Å²) in [6.07, 6.45) is 9.55.